The SMILES string of the molecule is CC1=C2[CH]([Zr][CH]3C(=C(C)c4c(C)ccc(C)c43)[Si]2(C)C)c2c(C)ccc(C)c21. The van der Waals surface area contributed by atoms with Crippen molar-refractivity contribution in [1.29, 1.82) is 0 Å². The van der Waals surface area contributed by atoms with Crippen LogP contribution < -0.4 is 0 Å². The molecule has 142 valence electrons. The molecule has 0 spiro atoms. The molecule has 1 heterocycles. The zero-order valence-electron chi connectivity index (χ0n) is 18.5. The summed E-state index contributed by atoms with van der Waals surface area (Å²) in [6, 6.07) is 9.46. The Morgan fingerprint density at radius 3 is 1.36 bits per heavy atom. The molecule has 3 aliphatic rings. The molecule has 2 heteroatoms. The molecule has 1 fully saturated rings. The molecule has 0 aromatic heterocycles. The first-order chi connectivity index (χ1) is 13.2. The molecule has 0 bridgehead atoms. The first-order valence-corrected chi connectivity index (χ1v) is 16.4. The van der Waals surface area contributed by atoms with Crippen LogP contribution in [0.3, 0.4) is 0 Å². The molecule has 0 nitrogen and oxygen atoms in total. The van der Waals surface area contributed by atoms with Gasteiger partial charge in [0.15, 0.2) is 0 Å². The molecule has 0 radical (unpaired) electrons. The van der Waals surface area contributed by atoms with Gasteiger partial charge >= 0.3 is 184 Å². The fraction of sp³-hybridized carbons (Fsp3) is 0.385. The Morgan fingerprint density at radius 2 is 0.964 bits per heavy atom. The molecule has 28 heavy (non-hydrogen) atoms. The Kier molecular flexibility index (Phi) is 4.09. The van der Waals surface area contributed by atoms with Gasteiger partial charge in [0.05, 0.1) is 0 Å². The number of rotatable bonds is 0. The van der Waals surface area contributed by atoms with E-state index in [0.29, 0.717) is 0 Å². The number of hydrogen-bond donors (Lipinski definition) is 0. The third kappa shape index (κ3) is 2.20. The molecule has 2 aromatic rings. The number of allylic oxidation sites excluding steroid dienone is 4. The van der Waals surface area contributed by atoms with Gasteiger partial charge in [0.25, 0.3) is 0 Å². The van der Waals surface area contributed by atoms with Crippen LogP contribution in [0.25, 0.3) is 11.1 Å². The average molecular weight is 462 g/mol. The van der Waals surface area contributed by atoms with Gasteiger partial charge in [-0.05, 0) is 0 Å². The quantitative estimate of drug-likeness (QED) is 0.365. The Bertz CT molecular complexity index is 1040. The molecule has 1 aliphatic heterocycles. The zero-order valence-corrected chi connectivity index (χ0v) is 21.9. The first kappa shape index (κ1) is 19.0. The number of benzene rings is 2. The molecule has 2 aromatic carbocycles. The van der Waals surface area contributed by atoms with E-state index in [0.717, 1.165) is 7.25 Å². The van der Waals surface area contributed by atoms with E-state index in [2.05, 4.69) is 78.9 Å². The van der Waals surface area contributed by atoms with Gasteiger partial charge in [-0.1, -0.05) is 0 Å². The normalized spacial score (nSPS) is 24.0. The Morgan fingerprint density at radius 1 is 0.607 bits per heavy atom. The molecule has 0 amide bonds. The Labute approximate surface area is 182 Å². The molecule has 2 aliphatic carbocycles. The van der Waals surface area contributed by atoms with Gasteiger partial charge in [-0.25, -0.2) is 0 Å². The fourth-order valence-corrected chi connectivity index (χ4v) is 22.5. The van der Waals surface area contributed by atoms with Crippen LogP contribution in [0.1, 0.15) is 65.6 Å². The zero-order chi connectivity index (χ0) is 20.1. The van der Waals surface area contributed by atoms with Gasteiger partial charge in [0.2, 0.25) is 0 Å². The standard InChI is InChI=1S/C26H30Si.Zr/c1-15-9-11-17(3)25-19(5)23(13-21(15)25)27(7,8)24-14-22-16(2)10-12-18(4)26(22)20(24)6;/h9-14H,1-8H3;. The number of aryl methyl sites for hydroxylation is 4. The summed E-state index contributed by atoms with van der Waals surface area (Å²) in [5.74, 6) is 0. The van der Waals surface area contributed by atoms with Crippen molar-refractivity contribution in [3.8, 4) is 0 Å². The molecular weight excluding hydrogens is 432 g/mol. The summed E-state index contributed by atoms with van der Waals surface area (Å²) in [5.41, 5.74) is 16.1. The van der Waals surface area contributed by atoms with E-state index in [9.17, 15) is 0 Å². The van der Waals surface area contributed by atoms with Gasteiger partial charge in [-0.3, -0.25) is 0 Å². The Hall–Kier alpha value is -0.980. The summed E-state index contributed by atoms with van der Waals surface area (Å²) in [7, 11) is -1.66. The van der Waals surface area contributed by atoms with E-state index in [4.69, 9.17) is 0 Å². The predicted molar refractivity (Wildman–Crippen MR) is 120 cm³/mol. The summed E-state index contributed by atoms with van der Waals surface area (Å²) in [6.45, 7) is 19.6. The van der Waals surface area contributed by atoms with Crippen molar-refractivity contribution in [2.24, 2.45) is 0 Å². The second-order valence-corrected chi connectivity index (χ2v) is 17.7. The van der Waals surface area contributed by atoms with Crippen molar-refractivity contribution in [2.45, 2.75) is 61.9 Å². The second-order valence-electron chi connectivity index (χ2n) is 9.71. The van der Waals surface area contributed by atoms with Crippen LogP contribution in [0.5, 0.6) is 0 Å². The van der Waals surface area contributed by atoms with E-state index >= 15 is 0 Å². The fourth-order valence-electron chi connectivity index (χ4n) is 6.70. The number of fused-ring (bicyclic) bond motifs is 6. The summed E-state index contributed by atoms with van der Waals surface area (Å²) in [4.78, 5) is 0. The second kappa shape index (κ2) is 6.02. The van der Waals surface area contributed by atoms with Crippen LogP contribution in [0.4, 0.5) is 0 Å². The van der Waals surface area contributed by atoms with E-state index < -0.39 is 31.3 Å². The van der Waals surface area contributed by atoms with E-state index in [1.54, 1.807) is 33.4 Å². The molecule has 0 N–H and O–H groups in total. The summed E-state index contributed by atoms with van der Waals surface area (Å²) >= 11 is -0.699. The van der Waals surface area contributed by atoms with E-state index in [-0.39, 0.29) is 0 Å². The van der Waals surface area contributed by atoms with Crippen molar-refractivity contribution >= 4 is 19.2 Å². The molecular formula is C26H30SiZr. The minimum absolute atomic E-state index is 0.699. The maximum absolute atomic E-state index is 2.66. The molecule has 1 saturated heterocycles. The first-order valence-electron chi connectivity index (χ1n) is 10.6. The number of hydrogen-bond acceptors (Lipinski definition) is 0. The van der Waals surface area contributed by atoms with Gasteiger partial charge < -0.3 is 0 Å². The van der Waals surface area contributed by atoms with Gasteiger partial charge in [-0.2, -0.15) is 0 Å². The topological polar surface area (TPSA) is 0 Å². The van der Waals surface area contributed by atoms with Crippen molar-refractivity contribution in [2.75, 3.05) is 0 Å². The minimum atomic E-state index is -1.66. The van der Waals surface area contributed by atoms with Gasteiger partial charge in [0.1, 0.15) is 0 Å². The van der Waals surface area contributed by atoms with Crippen molar-refractivity contribution in [3.05, 3.63) is 79.2 Å². The van der Waals surface area contributed by atoms with E-state index in [1.165, 1.54) is 22.3 Å². The molecule has 0 saturated carbocycles. The third-order valence-corrected chi connectivity index (χ3v) is 17.7. The molecule has 2 atom stereocenters. The maximum atomic E-state index is 2.66. The van der Waals surface area contributed by atoms with Gasteiger partial charge in [-0.15, -0.1) is 0 Å². The molecule has 5 rings (SSSR count). The van der Waals surface area contributed by atoms with Gasteiger partial charge in [0, 0.05) is 0 Å². The van der Waals surface area contributed by atoms with Crippen LogP contribution in [-0.4, -0.2) is 8.07 Å². The van der Waals surface area contributed by atoms with Crippen LogP contribution in [-0.2, 0) is 23.2 Å². The van der Waals surface area contributed by atoms with Crippen molar-refractivity contribution < 1.29 is 23.2 Å². The van der Waals surface area contributed by atoms with Crippen LogP contribution >= 0.6 is 0 Å². The summed E-state index contributed by atoms with van der Waals surface area (Å²) < 4.78 is 1.60. The van der Waals surface area contributed by atoms with Crippen molar-refractivity contribution in [1.82, 2.24) is 0 Å². The van der Waals surface area contributed by atoms with E-state index in [1.807, 2.05) is 10.4 Å². The monoisotopic (exact) mass is 460 g/mol. The van der Waals surface area contributed by atoms with Crippen LogP contribution in [0.15, 0.2) is 34.7 Å². The molecule has 2 unspecified atom stereocenters. The average Bonchev–Trinajstić information content (AvgIpc) is 3.10. The van der Waals surface area contributed by atoms with Crippen LogP contribution in [0, 0.1) is 27.7 Å². The predicted octanol–water partition coefficient (Wildman–Crippen LogP) is 7.16. The summed E-state index contributed by atoms with van der Waals surface area (Å²) in [6.07, 6.45) is 0. The Balaban J connectivity index is 1.82. The third-order valence-electron chi connectivity index (χ3n) is 7.74. The summed E-state index contributed by atoms with van der Waals surface area (Å²) in [5, 5.41) is 3.81. The van der Waals surface area contributed by atoms with Crippen LogP contribution in [0.2, 0.25) is 13.1 Å². The van der Waals surface area contributed by atoms with Crippen molar-refractivity contribution in [3.63, 3.8) is 0 Å².